The summed E-state index contributed by atoms with van der Waals surface area (Å²) in [5.41, 5.74) is 0.867. The predicted molar refractivity (Wildman–Crippen MR) is 80.5 cm³/mol. The number of carbonyl (C=O) groups excluding carboxylic acids is 1. The highest BCUT2D eigenvalue weighted by atomic mass is 32.2. The Morgan fingerprint density at radius 2 is 1.95 bits per heavy atom. The van der Waals surface area contributed by atoms with E-state index in [1.807, 2.05) is 12.1 Å². The van der Waals surface area contributed by atoms with E-state index in [1.165, 1.54) is 16.7 Å². The van der Waals surface area contributed by atoms with Crippen LogP contribution in [0.15, 0.2) is 23.1 Å². The monoisotopic (exact) mass is 295 g/mol. The molecule has 1 fully saturated rings. The highest BCUT2D eigenvalue weighted by Crippen LogP contribution is 2.33. The van der Waals surface area contributed by atoms with Crippen LogP contribution in [0.4, 0.5) is 0 Å². The predicted octanol–water partition coefficient (Wildman–Crippen LogP) is 2.53. The molecule has 0 unspecified atom stereocenters. The van der Waals surface area contributed by atoms with E-state index in [4.69, 9.17) is 21.7 Å². The van der Waals surface area contributed by atoms with Gasteiger partial charge in [0, 0.05) is 7.05 Å². The van der Waals surface area contributed by atoms with Crippen LogP contribution in [0.2, 0.25) is 0 Å². The minimum atomic E-state index is -0.0789. The van der Waals surface area contributed by atoms with Crippen LogP contribution in [0.3, 0.4) is 0 Å². The maximum absolute atomic E-state index is 11.9. The van der Waals surface area contributed by atoms with Crippen molar-refractivity contribution >= 4 is 40.3 Å². The number of amides is 1. The van der Waals surface area contributed by atoms with E-state index in [0.717, 1.165) is 5.56 Å². The maximum Gasteiger partial charge on any atom is 0.265 e. The molecule has 0 spiro atoms. The molecule has 0 radical (unpaired) electrons. The van der Waals surface area contributed by atoms with Gasteiger partial charge in [0.1, 0.15) is 4.32 Å². The number of rotatable bonds is 3. The standard InChI is InChI=1S/C13H13NO3S2/c1-14-12(15)11(19-13(14)18)7-8-4-5-9(16-2)10(6-8)17-3/h4-7H,1-3H3. The zero-order chi connectivity index (χ0) is 14.0. The average molecular weight is 295 g/mol. The van der Waals surface area contributed by atoms with Crippen molar-refractivity contribution in [1.29, 1.82) is 0 Å². The molecule has 1 aliphatic rings. The number of carbonyl (C=O) groups is 1. The summed E-state index contributed by atoms with van der Waals surface area (Å²) in [5.74, 6) is 1.20. The Morgan fingerprint density at radius 3 is 2.47 bits per heavy atom. The molecule has 0 saturated carbocycles. The Hall–Kier alpha value is -1.53. The zero-order valence-corrected chi connectivity index (χ0v) is 12.4. The first-order chi connectivity index (χ1) is 9.06. The Kier molecular flexibility index (Phi) is 4.11. The summed E-state index contributed by atoms with van der Waals surface area (Å²) in [7, 11) is 4.83. The van der Waals surface area contributed by atoms with Gasteiger partial charge in [-0.3, -0.25) is 9.69 Å². The van der Waals surface area contributed by atoms with Crippen molar-refractivity contribution in [2.75, 3.05) is 21.3 Å². The summed E-state index contributed by atoms with van der Waals surface area (Å²) in [5, 5.41) is 0. The first kappa shape index (κ1) is 13.9. The molecular weight excluding hydrogens is 282 g/mol. The van der Waals surface area contributed by atoms with Gasteiger partial charge in [0.15, 0.2) is 11.5 Å². The molecule has 0 N–H and O–H groups in total. The fraction of sp³-hybridized carbons (Fsp3) is 0.231. The SMILES string of the molecule is COc1ccc(C=C2SC(=S)N(C)C2=O)cc1OC. The largest absolute Gasteiger partial charge is 0.493 e. The second-order valence-electron chi connectivity index (χ2n) is 3.86. The average Bonchev–Trinajstić information content (AvgIpc) is 2.66. The first-order valence-electron chi connectivity index (χ1n) is 5.50. The number of nitrogens with zero attached hydrogens (tertiary/aromatic N) is 1. The van der Waals surface area contributed by atoms with E-state index in [2.05, 4.69) is 0 Å². The lowest BCUT2D eigenvalue weighted by atomic mass is 10.2. The zero-order valence-electron chi connectivity index (χ0n) is 10.8. The summed E-state index contributed by atoms with van der Waals surface area (Å²) < 4.78 is 11.0. The van der Waals surface area contributed by atoms with E-state index in [1.54, 1.807) is 33.4 Å². The van der Waals surface area contributed by atoms with Gasteiger partial charge in [0.25, 0.3) is 5.91 Å². The molecular formula is C13H13NO3S2. The number of hydrogen-bond donors (Lipinski definition) is 0. The lowest BCUT2D eigenvalue weighted by Crippen LogP contribution is -2.22. The van der Waals surface area contributed by atoms with Crippen molar-refractivity contribution in [2.45, 2.75) is 0 Å². The second kappa shape index (κ2) is 5.63. The van der Waals surface area contributed by atoms with Crippen molar-refractivity contribution < 1.29 is 14.3 Å². The van der Waals surface area contributed by atoms with Crippen molar-refractivity contribution in [1.82, 2.24) is 4.90 Å². The molecule has 2 rings (SSSR count). The van der Waals surface area contributed by atoms with Crippen LogP contribution in [0, 0.1) is 0 Å². The topological polar surface area (TPSA) is 38.8 Å². The van der Waals surface area contributed by atoms with Gasteiger partial charge in [0.2, 0.25) is 0 Å². The summed E-state index contributed by atoms with van der Waals surface area (Å²) >= 11 is 6.38. The number of likely N-dealkylation sites (N-methyl/N-ethyl adjacent to an activating group) is 1. The van der Waals surface area contributed by atoms with Gasteiger partial charge >= 0.3 is 0 Å². The van der Waals surface area contributed by atoms with Crippen molar-refractivity contribution in [3.8, 4) is 11.5 Å². The Bertz CT molecular complexity index is 569. The number of hydrogen-bond acceptors (Lipinski definition) is 5. The summed E-state index contributed by atoms with van der Waals surface area (Å²) in [6.07, 6.45) is 1.80. The molecule has 0 aliphatic carbocycles. The Balaban J connectivity index is 2.34. The molecule has 1 heterocycles. The van der Waals surface area contributed by atoms with Gasteiger partial charge in [-0.05, 0) is 23.8 Å². The van der Waals surface area contributed by atoms with Crippen LogP contribution in [0.1, 0.15) is 5.56 Å². The Morgan fingerprint density at radius 1 is 1.26 bits per heavy atom. The quantitative estimate of drug-likeness (QED) is 0.633. The highest BCUT2D eigenvalue weighted by Gasteiger charge is 2.28. The second-order valence-corrected chi connectivity index (χ2v) is 5.53. The molecule has 1 saturated heterocycles. The molecule has 0 aromatic heterocycles. The molecule has 0 atom stereocenters. The molecule has 4 nitrogen and oxygen atoms in total. The molecule has 0 bridgehead atoms. The number of thioether (sulfide) groups is 1. The third kappa shape index (κ3) is 2.74. The fourth-order valence-electron chi connectivity index (χ4n) is 1.64. The van der Waals surface area contributed by atoms with Gasteiger partial charge in [0.05, 0.1) is 19.1 Å². The van der Waals surface area contributed by atoms with Gasteiger partial charge in [-0.2, -0.15) is 0 Å². The van der Waals surface area contributed by atoms with Crippen LogP contribution in [0.25, 0.3) is 6.08 Å². The van der Waals surface area contributed by atoms with Crippen LogP contribution >= 0.6 is 24.0 Å². The number of benzene rings is 1. The molecule has 1 aliphatic heterocycles. The third-order valence-electron chi connectivity index (χ3n) is 2.69. The first-order valence-corrected chi connectivity index (χ1v) is 6.73. The summed E-state index contributed by atoms with van der Waals surface area (Å²) in [6.45, 7) is 0. The number of ether oxygens (including phenoxy) is 2. The minimum Gasteiger partial charge on any atom is -0.493 e. The van der Waals surface area contributed by atoms with Crippen LogP contribution in [-0.2, 0) is 4.79 Å². The van der Waals surface area contributed by atoms with Gasteiger partial charge in [-0.1, -0.05) is 30.0 Å². The third-order valence-corrected chi connectivity index (χ3v) is 4.18. The molecule has 6 heteroatoms. The van der Waals surface area contributed by atoms with Crippen LogP contribution in [0.5, 0.6) is 11.5 Å². The molecule has 1 amide bonds. The lowest BCUT2D eigenvalue weighted by molar-refractivity contribution is -0.121. The molecule has 1 aromatic carbocycles. The van der Waals surface area contributed by atoms with E-state index in [-0.39, 0.29) is 5.91 Å². The highest BCUT2D eigenvalue weighted by molar-refractivity contribution is 8.26. The van der Waals surface area contributed by atoms with E-state index < -0.39 is 0 Å². The number of thiocarbonyl (C=S) groups is 1. The molecule has 100 valence electrons. The van der Waals surface area contributed by atoms with Crippen molar-refractivity contribution in [2.24, 2.45) is 0 Å². The number of methoxy groups -OCH3 is 2. The van der Waals surface area contributed by atoms with E-state index in [9.17, 15) is 4.79 Å². The molecule has 1 aromatic rings. The molecule has 19 heavy (non-hydrogen) atoms. The Labute approximate surface area is 121 Å². The smallest absolute Gasteiger partial charge is 0.265 e. The van der Waals surface area contributed by atoms with E-state index in [0.29, 0.717) is 20.7 Å². The van der Waals surface area contributed by atoms with Crippen LogP contribution < -0.4 is 9.47 Å². The van der Waals surface area contributed by atoms with Gasteiger partial charge < -0.3 is 9.47 Å². The van der Waals surface area contributed by atoms with Crippen molar-refractivity contribution in [3.63, 3.8) is 0 Å². The summed E-state index contributed by atoms with van der Waals surface area (Å²) in [4.78, 5) is 14.0. The normalized spacial score (nSPS) is 17.2. The minimum absolute atomic E-state index is 0.0789. The van der Waals surface area contributed by atoms with Crippen LogP contribution in [-0.4, -0.2) is 36.4 Å². The maximum atomic E-state index is 11.9. The van der Waals surface area contributed by atoms with E-state index >= 15 is 0 Å². The fourth-order valence-corrected chi connectivity index (χ4v) is 2.82. The summed E-state index contributed by atoms with van der Waals surface area (Å²) in [6, 6.07) is 5.49. The van der Waals surface area contributed by atoms with Crippen molar-refractivity contribution in [3.05, 3.63) is 28.7 Å². The lowest BCUT2D eigenvalue weighted by Gasteiger charge is -2.08. The van der Waals surface area contributed by atoms with Gasteiger partial charge in [-0.15, -0.1) is 0 Å². The van der Waals surface area contributed by atoms with Gasteiger partial charge in [-0.25, -0.2) is 0 Å².